The Morgan fingerprint density at radius 3 is 2.68 bits per heavy atom. The molecule has 102 valence electrons. The van der Waals surface area contributed by atoms with Crippen molar-refractivity contribution in [2.24, 2.45) is 0 Å². The molecule has 1 atom stereocenters. The number of sulfonamides is 1. The first-order valence-corrected chi connectivity index (χ1v) is 7.18. The van der Waals surface area contributed by atoms with Gasteiger partial charge in [0.05, 0.1) is 22.3 Å². The topological polar surface area (TPSA) is 107 Å². The normalized spacial score (nSPS) is 12.5. The van der Waals surface area contributed by atoms with E-state index in [2.05, 4.69) is 4.72 Å². The summed E-state index contributed by atoms with van der Waals surface area (Å²) < 4.78 is 25.9. The number of carboxylic acids is 1. The number of nitriles is 1. The van der Waals surface area contributed by atoms with Crippen LogP contribution in [0.25, 0.3) is 0 Å². The number of hydrogen-bond donors (Lipinski definition) is 2. The van der Waals surface area contributed by atoms with Gasteiger partial charge in [-0.1, -0.05) is 18.5 Å². The molecule has 0 saturated heterocycles. The average molecular weight is 303 g/mol. The molecule has 0 heterocycles. The lowest BCUT2D eigenvalue weighted by Crippen LogP contribution is -2.26. The van der Waals surface area contributed by atoms with Crippen molar-refractivity contribution >= 4 is 33.3 Å². The number of aromatic carboxylic acids is 1. The molecule has 19 heavy (non-hydrogen) atoms. The van der Waals surface area contributed by atoms with Crippen LogP contribution in [0.15, 0.2) is 18.2 Å². The smallest absolute Gasteiger partial charge is 0.335 e. The lowest BCUT2D eigenvalue weighted by atomic mass is 10.2. The molecule has 0 aliphatic rings. The van der Waals surface area contributed by atoms with Gasteiger partial charge in [0, 0.05) is 0 Å². The molecule has 2 N–H and O–H groups in total. The van der Waals surface area contributed by atoms with E-state index in [0.717, 1.165) is 6.07 Å². The van der Waals surface area contributed by atoms with Crippen LogP contribution in [0.5, 0.6) is 0 Å². The van der Waals surface area contributed by atoms with Gasteiger partial charge >= 0.3 is 5.97 Å². The fourth-order valence-electron chi connectivity index (χ4n) is 1.34. The van der Waals surface area contributed by atoms with E-state index in [-0.39, 0.29) is 22.7 Å². The SMILES string of the molecule is CCC(C#N)S(=O)(=O)Nc1cc(C(=O)O)ccc1Cl. The Balaban J connectivity index is 3.16. The van der Waals surface area contributed by atoms with Crippen molar-refractivity contribution in [2.75, 3.05) is 4.72 Å². The highest BCUT2D eigenvalue weighted by molar-refractivity contribution is 7.93. The van der Waals surface area contributed by atoms with Crippen LogP contribution in [0.1, 0.15) is 23.7 Å². The van der Waals surface area contributed by atoms with Gasteiger partial charge in [-0.15, -0.1) is 0 Å². The van der Waals surface area contributed by atoms with Gasteiger partial charge in [-0.3, -0.25) is 4.72 Å². The van der Waals surface area contributed by atoms with Crippen molar-refractivity contribution in [3.05, 3.63) is 28.8 Å². The number of carbonyl (C=O) groups is 1. The lowest BCUT2D eigenvalue weighted by molar-refractivity contribution is 0.0697. The molecule has 0 aliphatic heterocycles. The van der Waals surface area contributed by atoms with Gasteiger partial charge in [0.15, 0.2) is 5.25 Å². The van der Waals surface area contributed by atoms with Gasteiger partial charge in [0.25, 0.3) is 0 Å². The fourth-order valence-corrected chi connectivity index (χ4v) is 2.76. The molecule has 1 rings (SSSR count). The molecule has 1 aromatic carbocycles. The summed E-state index contributed by atoms with van der Waals surface area (Å²) >= 11 is 5.80. The zero-order chi connectivity index (χ0) is 14.6. The number of benzene rings is 1. The number of rotatable bonds is 5. The molecule has 0 aromatic heterocycles. The predicted octanol–water partition coefficient (Wildman–Crippen LogP) is 2.08. The van der Waals surface area contributed by atoms with E-state index in [1.807, 2.05) is 0 Å². The van der Waals surface area contributed by atoms with Crippen molar-refractivity contribution in [3.8, 4) is 6.07 Å². The third-order valence-corrected chi connectivity index (χ3v) is 4.38. The molecule has 1 unspecified atom stereocenters. The molecule has 0 fully saturated rings. The summed E-state index contributed by atoms with van der Waals surface area (Å²) in [6.07, 6.45) is 0.113. The highest BCUT2D eigenvalue weighted by atomic mass is 35.5. The predicted molar refractivity (Wildman–Crippen MR) is 70.6 cm³/mol. The summed E-state index contributed by atoms with van der Waals surface area (Å²) in [6.45, 7) is 1.56. The van der Waals surface area contributed by atoms with Crippen LogP contribution in [0.3, 0.4) is 0 Å². The van der Waals surface area contributed by atoms with Crippen LogP contribution in [0.4, 0.5) is 5.69 Å². The first-order valence-electron chi connectivity index (χ1n) is 5.26. The summed E-state index contributed by atoms with van der Waals surface area (Å²) in [6, 6.07) is 5.29. The number of carboxylic acid groups (broad SMARTS) is 1. The zero-order valence-corrected chi connectivity index (χ0v) is 11.5. The maximum Gasteiger partial charge on any atom is 0.335 e. The van der Waals surface area contributed by atoms with Crippen LogP contribution in [-0.2, 0) is 10.0 Å². The largest absolute Gasteiger partial charge is 0.478 e. The van der Waals surface area contributed by atoms with E-state index in [1.165, 1.54) is 12.1 Å². The van der Waals surface area contributed by atoms with E-state index < -0.39 is 21.2 Å². The fraction of sp³-hybridized carbons (Fsp3) is 0.273. The number of nitrogens with one attached hydrogen (secondary N) is 1. The van der Waals surface area contributed by atoms with Crippen molar-refractivity contribution in [3.63, 3.8) is 0 Å². The second-order valence-corrected chi connectivity index (χ2v) is 5.94. The molecule has 0 radical (unpaired) electrons. The molecule has 0 amide bonds. The third kappa shape index (κ3) is 3.59. The van der Waals surface area contributed by atoms with E-state index in [9.17, 15) is 13.2 Å². The van der Waals surface area contributed by atoms with Crippen molar-refractivity contribution in [1.29, 1.82) is 5.26 Å². The standard InChI is InChI=1S/C11H11ClN2O4S/c1-2-8(6-13)19(17,18)14-10-5-7(11(15)16)3-4-9(10)12/h3-5,8,14H,2H2,1H3,(H,15,16). The van der Waals surface area contributed by atoms with Crippen LogP contribution in [0.2, 0.25) is 5.02 Å². The second-order valence-electron chi connectivity index (χ2n) is 3.67. The zero-order valence-electron chi connectivity index (χ0n) is 9.92. The van der Waals surface area contributed by atoms with E-state index in [4.69, 9.17) is 22.0 Å². The lowest BCUT2D eigenvalue weighted by Gasteiger charge is -2.12. The molecule has 6 nitrogen and oxygen atoms in total. The Kier molecular flexibility index (Phi) is 4.75. The van der Waals surface area contributed by atoms with E-state index in [1.54, 1.807) is 13.0 Å². The molecule has 8 heteroatoms. The number of halogens is 1. The highest BCUT2D eigenvalue weighted by Crippen LogP contribution is 2.25. The first-order chi connectivity index (χ1) is 8.81. The van der Waals surface area contributed by atoms with Crippen molar-refractivity contribution in [1.82, 2.24) is 0 Å². The maximum atomic E-state index is 11.9. The molecular formula is C11H11ClN2O4S. The van der Waals surface area contributed by atoms with E-state index >= 15 is 0 Å². The van der Waals surface area contributed by atoms with Crippen molar-refractivity contribution in [2.45, 2.75) is 18.6 Å². The summed E-state index contributed by atoms with van der Waals surface area (Å²) in [7, 11) is -3.93. The monoisotopic (exact) mass is 302 g/mol. The summed E-state index contributed by atoms with van der Waals surface area (Å²) in [5.41, 5.74) is -0.164. The van der Waals surface area contributed by atoms with Crippen LogP contribution in [-0.4, -0.2) is 24.7 Å². The minimum Gasteiger partial charge on any atom is -0.478 e. The Labute approximate surface area is 115 Å². The Morgan fingerprint density at radius 1 is 1.58 bits per heavy atom. The molecule has 0 spiro atoms. The molecule has 0 bridgehead atoms. The number of hydrogen-bond acceptors (Lipinski definition) is 4. The maximum absolute atomic E-state index is 11.9. The second kappa shape index (κ2) is 5.91. The molecule has 0 aliphatic carbocycles. The summed E-state index contributed by atoms with van der Waals surface area (Å²) in [5, 5.41) is 16.4. The minimum absolute atomic E-state index is 0.0568. The van der Waals surface area contributed by atoms with Gasteiger partial charge in [0.1, 0.15) is 0 Å². The first kappa shape index (κ1) is 15.3. The quantitative estimate of drug-likeness (QED) is 0.866. The Hall–Kier alpha value is -1.78. The average Bonchev–Trinajstić information content (AvgIpc) is 2.32. The third-order valence-electron chi connectivity index (χ3n) is 2.35. The number of anilines is 1. The van der Waals surface area contributed by atoms with Gasteiger partial charge in [-0.2, -0.15) is 5.26 Å². The summed E-state index contributed by atoms with van der Waals surface area (Å²) in [4.78, 5) is 10.8. The van der Waals surface area contributed by atoms with Crippen LogP contribution < -0.4 is 4.72 Å². The molecule has 1 aromatic rings. The Bertz CT molecular complexity index is 637. The molecular weight excluding hydrogens is 292 g/mol. The van der Waals surface area contributed by atoms with Gasteiger partial charge in [-0.25, -0.2) is 13.2 Å². The minimum atomic E-state index is -3.93. The van der Waals surface area contributed by atoms with Gasteiger partial charge in [0.2, 0.25) is 10.0 Å². The van der Waals surface area contributed by atoms with Crippen LogP contribution in [0, 0.1) is 11.3 Å². The Morgan fingerprint density at radius 2 is 2.21 bits per heavy atom. The van der Waals surface area contributed by atoms with Crippen molar-refractivity contribution < 1.29 is 18.3 Å². The van der Waals surface area contributed by atoms with E-state index in [0.29, 0.717) is 0 Å². The van der Waals surface area contributed by atoms with Gasteiger partial charge < -0.3 is 5.11 Å². The summed E-state index contributed by atoms with van der Waals surface area (Å²) in [5.74, 6) is -1.20. The van der Waals surface area contributed by atoms with Gasteiger partial charge in [-0.05, 0) is 24.6 Å². The highest BCUT2D eigenvalue weighted by Gasteiger charge is 2.24. The molecule has 0 saturated carbocycles. The van der Waals surface area contributed by atoms with Crippen LogP contribution >= 0.6 is 11.6 Å². The number of nitrogens with zero attached hydrogens (tertiary/aromatic N) is 1.